The fourth-order valence-electron chi connectivity index (χ4n) is 1.97. The molecule has 1 fully saturated rings. The van der Waals surface area contributed by atoms with Crippen LogP contribution in [-0.2, 0) is 4.74 Å². The topological polar surface area (TPSA) is 71.5 Å². The third-order valence-corrected chi connectivity index (χ3v) is 3.92. The monoisotopic (exact) mass is 348 g/mol. The minimum absolute atomic E-state index is 0.124. The van der Waals surface area contributed by atoms with Gasteiger partial charge in [0.25, 0.3) is 5.91 Å². The number of halogens is 2. The van der Waals surface area contributed by atoms with Crippen LogP contribution in [0, 0.1) is 0 Å². The van der Waals surface area contributed by atoms with Gasteiger partial charge in [-0.2, -0.15) is 0 Å². The summed E-state index contributed by atoms with van der Waals surface area (Å²) >= 11 is 9.17. The Bertz CT molecular complexity index is 478. The zero-order chi connectivity index (χ0) is 13.9. The Hall–Kier alpha value is -0.690. The molecule has 19 heavy (non-hydrogen) atoms. The van der Waals surface area contributed by atoms with Crippen molar-refractivity contribution in [2.45, 2.75) is 18.4 Å². The predicted molar refractivity (Wildman–Crippen MR) is 74.3 cm³/mol. The van der Waals surface area contributed by atoms with Crippen molar-refractivity contribution in [1.82, 2.24) is 10.3 Å². The van der Waals surface area contributed by atoms with E-state index in [-0.39, 0.29) is 23.2 Å². The molecule has 0 unspecified atom stereocenters. The molecule has 0 radical (unpaired) electrons. The smallest absolute Gasteiger partial charge is 0.254 e. The van der Waals surface area contributed by atoms with E-state index in [1.807, 2.05) is 0 Å². The molecule has 7 heteroatoms. The maximum absolute atomic E-state index is 12.2. The number of carbonyl (C=O) groups excluding carboxylic acids is 1. The molecule has 2 N–H and O–H groups in total. The largest absolute Gasteiger partial charge is 0.394 e. The quantitative estimate of drug-likeness (QED) is 0.816. The van der Waals surface area contributed by atoms with Crippen LogP contribution in [0.4, 0.5) is 0 Å². The van der Waals surface area contributed by atoms with Crippen molar-refractivity contribution in [2.24, 2.45) is 0 Å². The van der Waals surface area contributed by atoms with Gasteiger partial charge < -0.3 is 15.2 Å². The molecule has 104 valence electrons. The average Bonchev–Trinajstić information content (AvgIpc) is 2.42. The van der Waals surface area contributed by atoms with Gasteiger partial charge in [0.05, 0.1) is 17.7 Å². The van der Waals surface area contributed by atoms with Crippen molar-refractivity contribution in [3.05, 3.63) is 27.5 Å². The summed E-state index contributed by atoms with van der Waals surface area (Å²) in [5.41, 5.74) is -0.351. The summed E-state index contributed by atoms with van der Waals surface area (Å²) in [7, 11) is 0. The summed E-state index contributed by atoms with van der Waals surface area (Å²) in [5, 5.41) is 12.5. The Morgan fingerprint density at radius 1 is 1.58 bits per heavy atom. The number of carbonyl (C=O) groups is 1. The summed E-state index contributed by atoms with van der Waals surface area (Å²) in [6.07, 6.45) is 2.68. The Morgan fingerprint density at radius 2 is 2.26 bits per heavy atom. The van der Waals surface area contributed by atoms with Crippen molar-refractivity contribution in [3.8, 4) is 0 Å². The molecule has 0 aromatic carbocycles. The van der Waals surface area contributed by atoms with Crippen LogP contribution in [0.25, 0.3) is 0 Å². The third kappa shape index (κ3) is 3.45. The van der Waals surface area contributed by atoms with Crippen molar-refractivity contribution < 1.29 is 14.6 Å². The minimum atomic E-state index is -0.638. The van der Waals surface area contributed by atoms with E-state index in [2.05, 4.69) is 26.2 Å². The second-order valence-corrected chi connectivity index (χ2v) is 5.77. The van der Waals surface area contributed by atoms with Gasteiger partial charge in [-0.3, -0.25) is 4.79 Å². The van der Waals surface area contributed by atoms with Crippen LogP contribution in [-0.4, -0.2) is 41.4 Å². The standard InChI is InChI=1S/C12H14BrClN2O3/c13-8-5-9(10(14)15-6-8)11(18)16-12(7-17)1-3-19-4-2-12/h5-6,17H,1-4,7H2,(H,16,18). The van der Waals surface area contributed by atoms with E-state index in [0.717, 1.165) is 0 Å². The lowest BCUT2D eigenvalue weighted by Crippen LogP contribution is -2.54. The van der Waals surface area contributed by atoms with Crippen LogP contribution < -0.4 is 5.32 Å². The molecule has 1 aliphatic heterocycles. The highest BCUT2D eigenvalue weighted by atomic mass is 79.9. The summed E-state index contributed by atoms with van der Waals surface area (Å²) in [4.78, 5) is 16.2. The molecule has 0 atom stereocenters. The highest BCUT2D eigenvalue weighted by Gasteiger charge is 2.34. The van der Waals surface area contributed by atoms with Crippen molar-refractivity contribution in [2.75, 3.05) is 19.8 Å². The summed E-state index contributed by atoms with van der Waals surface area (Å²) in [6, 6.07) is 1.61. The zero-order valence-corrected chi connectivity index (χ0v) is 12.5. The van der Waals surface area contributed by atoms with Crippen molar-refractivity contribution in [3.63, 3.8) is 0 Å². The van der Waals surface area contributed by atoms with Crippen molar-refractivity contribution in [1.29, 1.82) is 0 Å². The van der Waals surface area contributed by atoms with Crippen molar-refractivity contribution >= 4 is 33.4 Å². The molecule has 1 saturated heterocycles. The number of nitrogens with one attached hydrogen (secondary N) is 1. The van der Waals surface area contributed by atoms with Crippen LogP contribution in [0.15, 0.2) is 16.7 Å². The van der Waals surface area contributed by atoms with Gasteiger partial charge in [-0.05, 0) is 34.8 Å². The number of aromatic nitrogens is 1. The molecule has 0 saturated carbocycles. The fourth-order valence-corrected chi connectivity index (χ4v) is 2.50. The molecular formula is C12H14BrClN2O3. The van der Waals surface area contributed by atoms with E-state index in [1.54, 1.807) is 6.07 Å². The van der Waals surface area contributed by atoms with Gasteiger partial charge in [-0.25, -0.2) is 4.98 Å². The molecule has 1 aliphatic rings. The average molecular weight is 350 g/mol. The SMILES string of the molecule is O=C(NC1(CO)CCOCC1)c1cc(Br)cnc1Cl. The molecule has 5 nitrogen and oxygen atoms in total. The van der Waals surface area contributed by atoms with E-state index in [4.69, 9.17) is 16.3 Å². The molecule has 0 aliphatic carbocycles. The lowest BCUT2D eigenvalue weighted by molar-refractivity contribution is 0.0125. The van der Waals surface area contributed by atoms with Gasteiger partial charge in [0, 0.05) is 23.9 Å². The normalized spacial score (nSPS) is 18.1. The molecular weight excluding hydrogens is 336 g/mol. The summed E-state index contributed by atoms with van der Waals surface area (Å²) < 4.78 is 5.92. The van der Waals surface area contributed by atoms with E-state index in [1.165, 1.54) is 6.20 Å². The van der Waals surface area contributed by atoms with Crippen LogP contribution in [0.3, 0.4) is 0 Å². The zero-order valence-electron chi connectivity index (χ0n) is 10.2. The van der Waals surface area contributed by atoms with E-state index in [9.17, 15) is 9.90 Å². The van der Waals surface area contributed by atoms with Gasteiger partial charge in [-0.1, -0.05) is 11.6 Å². The molecule has 2 heterocycles. The van der Waals surface area contributed by atoms with Crippen LogP contribution in [0.5, 0.6) is 0 Å². The van der Waals surface area contributed by atoms with Gasteiger partial charge in [0.1, 0.15) is 5.15 Å². The number of aliphatic hydroxyl groups excluding tert-OH is 1. The molecule has 2 rings (SSSR count). The number of aliphatic hydroxyl groups is 1. The minimum Gasteiger partial charge on any atom is -0.394 e. The van der Waals surface area contributed by atoms with Gasteiger partial charge >= 0.3 is 0 Å². The highest BCUT2D eigenvalue weighted by Crippen LogP contribution is 2.23. The molecule has 0 bridgehead atoms. The van der Waals surface area contributed by atoms with Gasteiger partial charge in [0.15, 0.2) is 0 Å². The van der Waals surface area contributed by atoms with Crippen LogP contribution in [0.2, 0.25) is 5.15 Å². The van der Waals surface area contributed by atoms with E-state index < -0.39 is 5.54 Å². The number of pyridine rings is 1. The predicted octanol–water partition coefficient (Wildman–Crippen LogP) is 1.77. The molecule has 0 spiro atoms. The number of hydrogen-bond acceptors (Lipinski definition) is 4. The number of rotatable bonds is 3. The fraction of sp³-hybridized carbons (Fsp3) is 0.500. The number of ether oxygens (including phenoxy) is 1. The van der Waals surface area contributed by atoms with Crippen LogP contribution >= 0.6 is 27.5 Å². The Morgan fingerprint density at radius 3 is 2.89 bits per heavy atom. The Kier molecular flexibility index (Phi) is 4.78. The highest BCUT2D eigenvalue weighted by molar-refractivity contribution is 9.10. The number of hydrogen-bond donors (Lipinski definition) is 2. The summed E-state index contributed by atoms with van der Waals surface area (Å²) in [5.74, 6) is -0.338. The molecule has 1 aromatic heterocycles. The summed E-state index contributed by atoms with van der Waals surface area (Å²) in [6.45, 7) is 0.914. The first-order valence-electron chi connectivity index (χ1n) is 5.88. The van der Waals surface area contributed by atoms with Gasteiger partial charge in [0.2, 0.25) is 0 Å². The third-order valence-electron chi connectivity index (χ3n) is 3.18. The second kappa shape index (κ2) is 6.17. The Balaban J connectivity index is 2.17. The first kappa shape index (κ1) is 14.7. The molecule has 1 amide bonds. The van der Waals surface area contributed by atoms with Crippen LogP contribution in [0.1, 0.15) is 23.2 Å². The maximum atomic E-state index is 12.2. The first-order valence-corrected chi connectivity index (χ1v) is 7.06. The maximum Gasteiger partial charge on any atom is 0.254 e. The van der Waals surface area contributed by atoms with E-state index >= 15 is 0 Å². The number of amides is 1. The lowest BCUT2D eigenvalue weighted by Gasteiger charge is -2.36. The number of nitrogens with zero attached hydrogens (tertiary/aromatic N) is 1. The Labute approximate surface area is 124 Å². The van der Waals surface area contributed by atoms with Gasteiger partial charge in [-0.15, -0.1) is 0 Å². The first-order chi connectivity index (χ1) is 9.06. The lowest BCUT2D eigenvalue weighted by atomic mass is 9.90. The second-order valence-electron chi connectivity index (χ2n) is 4.50. The van der Waals surface area contributed by atoms with E-state index in [0.29, 0.717) is 30.5 Å². The molecule has 1 aromatic rings.